The second-order valence-corrected chi connectivity index (χ2v) is 4.90. The molecule has 0 aliphatic carbocycles. The molecule has 1 aliphatic heterocycles. The van der Waals surface area contributed by atoms with Crippen molar-refractivity contribution in [3.05, 3.63) is 23.2 Å². The monoisotopic (exact) mass is 239 g/mol. The molecule has 1 aliphatic rings. The zero-order chi connectivity index (χ0) is 11.4. The van der Waals surface area contributed by atoms with Gasteiger partial charge in [-0.1, -0.05) is 24.9 Å². The van der Waals surface area contributed by atoms with Crippen LogP contribution >= 0.6 is 11.6 Å². The van der Waals surface area contributed by atoms with Crippen LogP contribution in [0.4, 0.5) is 0 Å². The van der Waals surface area contributed by atoms with E-state index in [-0.39, 0.29) is 0 Å². The number of rotatable bonds is 4. The maximum Gasteiger partial charge on any atom is 0.147 e. The van der Waals surface area contributed by atoms with Gasteiger partial charge in [-0.2, -0.15) is 0 Å². The molecule has 0 saturated carbocycles. The third-order valence-corrected chi connectivity index (χ3v) is 3.32. The second-order valence-electron chi connectivity index (χ2n) is 4.51. The van der Waals surface area contributed by atoms with Crippen LogP contribution in [-0.2, 0) is 6.54 Å². The largest absolute Gasteiger partial charge is 0.297 e. The van der Waals surface area contributed by atoms with E-state index in [1.54, 1.807) is 12.4 Å². The van der Waals surface area contributed by atoms with Gasteiger partial charge in [-0.15, -0.1) is 0 Å². The summed E-state index contributed by atoms with van der Waals surface area (Å²) in [4.78, 5) is 10.8. The summed E-state index contributed by atoms with van der Waals surface area (Å²) in [5, 5.41) is 0.467. The highest BCUT2D eigenvalue weighted by atomic mass is 35.5. The van der Waals surface area contributed by atoms with Crippen molar-refractivity contribution in [1.29, 1.82) is 0 Å². The second kappa shape index (κ2) is 5.60. The lowest BCUT2D eigenvalue weighted by atomic mass is 10.0. The number of nitrogens with zero attached hydrogens (tertiary/aromatic N) is 3. The Labute approximate surface area is 102 Å². The number of hydrogen-bond acceptors (Lipinski definition) is 3. The molecule has 0 amide bonds. The Morgan fingerprint density at radius 1 is 1.44 bits per heavy atom. The average molecular weight is 240 g/mol. The molecule has 0 aromatic carbocycles. The third kappa shape index (κ3) is 3.16. The molecule has 1 saturated heterocycles. The maximum absolute atomic E-state index is 5.71. The molecule has 1 aromatic heterocycles. The van der Waals surface area contributed by atoms with Crippen molar-refractivity contribution in [3.8, 4) is 0 Å². The first-order valence-electron chi connectivity index (χ1n) is 5.96. The molecule has 1 aromatic rings. The van der Waals surface area contributed by atoms with Gasteiger partial charge in [0.25, 0.3) is 0 Å². The van der Waals surface area contributed by atoms with E-state index in [9.17, 15) is 0 Å². The summed E-state index contributed by atoms with van der Waals surface area (Å²) in [6.45, 7) is 5.56. The van der Waals surface area contributed by atoms with Crippen LogP contribution in [0.15, 0.2) is 12.4 Å². The highest BCUT2D eigenvalue weighted by Gasteiger charge is 2.21. The van der Waals surface area contributed by atoms with Gasteiger partial charge in [-0.25, -0.2) is 4.98 Å². The smallest absolute Gasteiger partial charge is 0.147 e. The van der Waals surface area contributed by atoms with Gasteiger partial charge in [0, 0.05) is 13.1 Å². The van der Waals surface area contributed by atoms with Gasteiger partial charge >= 0.3 is 0 Å². The van der Waals surface area contributed by atoms with Crippen LogP contribution in [0, 0.1) is 5.92 Å². The van der Waals surface area contributed by atoms with E-state index in [4.69, 9.17) is 11.6 Å². The summed E-state index contributed by atoms with van der Waals surface area (Å²) >= 11 is 5.71. The summed E-state index contributed by atoms with van der Waals surface area (Å²) in [5.41, 5.74) is 1.02. The minimum atomic E-state index is 0.467. The average Bonchev–Trinajstić information content (AvgIpc) is 2.70. The maximum atomic E-state index is 5.71. The molecule has 0 N–H and O–H groups in total. The molecule has 1 atom stereocenters. The molecule has 3 nitrogen and oxygen atoms in total. The Bertz CT molecular complexity index is 326. The first-order valence-corrected chi connectivity index (χ1v) is 6.34. The Morgan fingerprint density at radius 2 is 2.31 bits per heavy atom. The zero-order valence-electron chi connectivity index (χ0n) is 9.69. The summed E-state index contributed by atoms with van der Waals surface area (Å²) < 4.78 is 0. The summed E-state index contributed by atoms with van der Waals surface area (Å²) in [7, 11) is 0. The number of likely N-dealkylation sites (tertiary alicyclic amines) is 1. The van der Waals surface area contributed by atoms with Crippen molar-refractivity contribution in [1.82, 2.24) is 14.9 Å². The van der Waals surface area contributed by atoms with Gasteiger partial charge in [0.15, 0.2) is 0 Å². The Morgan fingerprint density at radius 3 is 3.00 bits per heavy atom. The van der Waals surface area contributed by atoms with Crippen LogP contribution in [-0.4, -0.2) is 28.0 Å². The Kier molecular flexibility index (Phi) is 4.13. The van der Waals surface area contributed by atoms with Gasteiger partial charge < -0.3 is 0 Å². The van der Waals surface area contributed by atoms with Crippen LogP contribution in [0.3, 0.4) is 0 Å². The van der Waals surface area contributed by atoms with Crippen molar-refractivity contribution >= 4 is 11.6 Å². The molecule has 0 radical (unpaired) electrons. The molecular formula is C12H18ClN3. The molecule has 0 spiro atoms. The van der Waals surface area contributed by atoms with E-state index in [0.29, 0.717) is 5.15 Å². The molecule has 16 heavy (non-hydrogen) atoms. The summed E-state index contributed by atoms with van der Waals surface area (Å²) in [5.74, 6) is 0.880. The SMILES string of the molecule is CCCC1CCN(Cc2cnc(Cl)cn2)C1. The fourth-order valence-electron chi connectivity index (χ4n) is 2.35. The van der Waals surface area contributed by atoms with Crippen molar-refractivity contribution in [2.45, 2.75) is 32.7 Å². The highest BCUT2D eigenvalue weighted by Crippen LogP contribution is 2.21. The van der Waals surface area contributed by atoms with E-state index in [0.717, 1.165) is 18.2 Å². The highest BCUT2D eigenvalue weighted by molar-refractivity contribution is 6.29. The van der Waals surface area contributed by atoms with Gasteiger partial charge in [-0.3, -0.25) is 9.88 Å². The predicted octanol–water partition coefficient (Wildman–Crippen LogP) is 2.75. The topological polar surface area (TPSA) is 29.0 Å². The van der Waals surface area contributed by atoms with Crippen LogP contribution in [0.2, 0.25) is 5.15 Å². The van der Waals surface area contributed by atoms with E-state index in [1.807, 2.05) is 0 Å². The van der Waals surface area contributed by atoms with Gasteiger partial charge in [-0.05, 0) is 25.3 Å². The number of aromatic nitrogens is 2. The molecule has 4 heteroatoms. The normalized spacial score (nSPS) is 21.5. The van der Waals surface area contributed by atoms with Crippen LogP contribution < -0.4 is 0 Å². The zero-order valence-corrected chi connectivity index (χ0v) is 10.5. The van der Waals surface area contributed by atoms with Crippen molar-refractivity contribution in [3.63, 3.8) is 0 Å². The lowest BCUT2D eigenvalue weighted by Crippen LogP contribution is -2.20. The van der Waals surface area contributed by atoms with Gasteiger partial charge in [0.2, 0.25) is 0 Å². The van der Waals surface area contributed by atoms with Crippen LogP contribution in [0.25, 0.3) is 0 Å². The Balaban J connectivity index is 1.84. The van der Waals surface area contributed by atoms with Crippen molar-refractivity contribution in [2.24, 2.45) is 5.92 Å². The van der Waals surface area contributed by atoms with Gasteiger partial charge in [0.05, 0.1) is 18.1 Å². The fourth-order valence-corrected chi connectivity index (χ4v) is 2.45. The number of halogens is 1. The lowest BCUT2D eigenvalue weighted by molar-refractivity contribution is 0.309. The summed E-state index contributed by atoms with van der Waals surface area (Å²) in [6.07, 6.45) is 7.36. The first-order chi connectivity index (χ1) is 7.78. The molecule has 1 fully saturated rings. The molecule has 1 unspecified atom stereocenters. The van der Waals surface area contributed by atoms with Crippen LogP contribution in [0.5, 0.6) is 0 Å². The molecule has 2 heterocycles. The van der Waals surface area contributed by atoms with E-state index in [2.05, 4.69) is 21.8 Å². The third-order valence-electron chi connectivity index (χ3n) is 3.13. The molecule has 88 valence electrons. The number of hydrogen-bond donors (Lipinski definition) is 0. The summed E-state index contributed by atoms with van der Waals surface area (Å²) in [6, 6.07) is 0. The molecule has 0 bridgehead atoms. The van der Waals surface area contributed by atoms with Gasteiger partial charge in [0.1, 0.15) is 5.15 Å². The first kappa shape index (κ1) is 11.8. The quantitative estimate of drug-likeness (QED) is 0.809. The Hall–Kier alpha value is -0.670. The van der Waals surface area contributed by atoms with Crippen molar-refractivity contribution < 1.29 is 0 Å². The minimum Gasteiger partial charge on any atom is -0.297 e. The minimum absolute atomic E-state index is 0.467. The van der Waals surface area contributed by atoms with Crippen molar-refractivity contribution in [2.75, 3.05) is 13.1 Å². The lowest BCUT2D eigenvalue weighted by Gasteiger charge is -2.14. The van der Waals surface area contributed by atoms with E-state index < -0.39 is 0 Å². The molecule has 2 rings (SSSR count). The predicted molar refractivity (Wildman–Crippen MR) is 65.3 cm³/mol. The molecular weight excluding hydrogens is 222 g/mol. The van der Waals surface area contributed by atoms with Crippen LogP contribution in [0.1, 0.15) is 31.9 Å². The van der Waals surface area contributed by atoms with E-state index in [1.165, 1.54) is 32.4 Å². The standard InChI is InChI=1S/C12H18ClN3/c1-2-3-10-4-5-16(8-10)9-11-6-15-12(13)7-14-11/h6-7,10H,2-5,8-9H2,1H3. The van der Waals surface area contributed by atoms with E-state index >= 15 is 0 Å². The fraction of sp³-hybridized carbons (Fsp3) is 0.667.